The molecular formula is C17H23NO3. The second kappa shape index (κ2) is 10.7. The molecule has 0 aliphatic carbocycles. The van der Waals surface area contributed by atoms with Gasteiger partial charge in [0.15, 0.2) is 0 Å². The fraction of sp³-hybridized carbons (Fsp3) is 0.529. The number of carbonyl (C=O) groups is 1. The number of nitriles is 1. The summed E-state index contributed by atoms with van der Waals surface area (Å²) in [7, 11) is 0. The van der Waals surface area contributed by atoms with Gasteiger partial charge < -0.3 is 9.84 Å². The Morgan fingerprint density at radius 2 is 1.67 bits per heavy atom. The molecule has 0 saturated heterocycles. The van der Waals surface area contributed by atoms with Gasteiger partial charge in [-0.25, -0.2) is 0 Å². The van der Waals surface area contributed by atoms with Gasteiger partial charge in [-0.05, 0) is 25.0 Å². The molecule has 4 heteroatoms. The van der Waals surface area contributed by atoms with E-state index in [-0.39, 0.29) is 6.42 Å². The van der Waals surface area contributed by atoms with Crippen molar-refractivity contribution in [3.63, 3.8) is 0 Å². The third-order valence-electron chi connectivity index (χ3n) is 3.30. The van der Waals surface area contributed by atoms with Crippen molar-refractivity contribution in [1.82, 2.24) is 0 Å². The normalized spacial score (nSPS) is 10.0. The van der Waals surface area contributed by atoms with Gasteiger partial charge >= 0.3 is 5.97 Å². The van der Waals surface area contributed by atoms with Crippen LogP contribution in [0.1, 0.15) is 56.9 Å². The van der Waals surface area contributed by atoms with E-state index in [2.05, 4.69) is 6.07 Å². The highest BCUT2D eigenvalue weighted by atomic mass is 16.5. The monoisotopic (exact) mass is 289 g/mol. The lowest BCUT2D eigenvalue weighted by molar-refractivity contribution is -0.137. The van der Waals surface area contributed by atoms with Crippen LogP contribution in [0.3, 0.4) is 0 Å². The summed E-state index contributed by atoms with van der Waals surface area (Å²) in [6.07, 6.45) is 7.55. The van der Waals surface area contributed by atoms with E-state index in [0.717, 1.165) is 44.9 Å². The number of aliphatic carboxylic acids is 1. The Bertz CT molecular complexity index is 465. The number of ether oxygens (including phenoxy) is 1. The summed E-state index contributed by atoms with van der Waals surface area (Å²) in [5.74, 6) is -0.0431. The molecule has 0 aliphatic rings. The quantitative estimate of drug-likeness (QED) is 0.621. The lowest BCUT2D eigenvalue weighted by Crippen LogP contribution is -1.99. The summed E-state index contributed by atoms with van der Waals surface area (Å²) in [5, 5.41) is 17.4. The number of hydrogen-bond donors (Lipinski definition) is 1. The van der Waals surface area contributed by atoms with Crippen molar-refractivity contribution in [2.75, 3.05) is 6.61 Å². The standard InChI is InChI=1S/C17H23NO3/c18-14-15-10-7-8-11-16(15)21-13-9-5-3-1-2-4-6-12-17(19)20/h7-8,10-11H,1-6,9,12-13H2,(H,19,20). The molecule has 0 bridgehead atoms. The van der Waals surface area contributed by atoms with E-state index in [1.165, 1.54) is 0 Å². The van der Waals surface area contributed by atoms with Gasteiger partial charge in [-0.1, -0.05) is 44.2 Å². The number of carboxylic acids is 1. The minimum absolute atomic E-state index is 0.284. The number of carboxylic acid groups (broad SMARTS) is 1. The van der Waals surface area contributed by atoms with E-state index < -0.39 is 5.97 Å². The SMILES string of the molecule is N#Cc1ccccc1OCCCCCCCCCC(=O)O. The van der Waals surface area contributed by atoms with Gasteiger partial charge in [-0.3, -0.25) is 4.79 Å². The zero-order valence-electron chi connectivity index (χ0n) is 12.4. The van der Waals surface area contributed by atoms with Crippen molar-refractivity contribution < 1.29 is 14.6 Å². The van der Waals surface area contributed by atoms with Crippen molar-refractivity contribution in [2.45, 2.75) is 51.4 Å². The number of nitrogens with zero attached hydrogens (tertiary/aromatic N) is 1. The molecule has 1 N–H and O–H groups in total. The van der Waals surface area contributed by atoms with Crippen LogP contribution in [0.5, 0.6) is 5.75 Å². The van der Waals surface area contributed by atoms with Crippen LogP contribution in [0.15, 0.2) is 24.3 Å². The first-order valence-corrected chi connectivity index (χ1v) is 7.58. The Balaban J connectivity index is 1.98. The Morgan fingerprint density at radius 3 is 2.33 bits per heavy atom. The topological polar surface area (TPSA) is 70.3 Å². The van der Waals surface area contributed by atoms with Gasteiger partial charge in [-0.15, -0.1) is 0 Å². The zero-order valence-corrected chi connectivity index (χ0v) is 12.4. The summed E-state index contributed by atoms with van der Waals surface area (Å²) in [6, 6.07) is 9.39. The summed E-state index contributed by atoms with van der Waals surface area (Å²) in [6.45, 7) is 0.637. The van der Waals surface area contributed by atoms with Crippen molar-refractivity contribution in [3.05, 3.63) is 29.8 Å². The molecule has 21 heavy (non-hydrogen) atoms. The highest BCUT2D eigenvalue weighted by Gasteiger charge is 2.01. The van der Waals surface area contributed by atoms with Crippen molar-refractivity contribution in [1.29, 1.82) is 5.26 Å². The molecule has 0 saturated carbocycles. The summed E-state index contributed by atoms with van der Waals surface area (Å²) >= 11 is 0. The van der Waals surface area contributed by atoms with Gasteiger partial charge in [0.2, 0.25) is 0 Å². The molecule has 0 aliphatic heterocycles. The van der Waals surface area contributed by atoms with Crippen LogP contribution in [0, 0.1) is 11.3 Å². The largest absolute Gasteiger partial charge is 0.492 e. The minimum Gasteiger partial charge on any atom is -0.492 e. The van der Waals surface area contributed by atoms with Gasteiger partial charge in [-0.2, -0.15) is 5.26 Å². The van der Waals surface area contributed by atoms with Gasteiger partial charge in [0.25, 0.3) is 0 Å². The third kappa shape index (κ3) is 7.98. The molecule has 0 radical (unpaired) electrons. The predicted octanol–water partition coefficient (Wildman–Crippen LogP) is 4.14. The average Bonchev–Trinajstić information content (AvgIpc) is 2.49. The fourth-order valence-electron chi connectivity index (χ4n) is 2.13. The van der Waals surface area contributed by atoms with E-state index in [4.69, 9.17) is 15.1 Å². The predicted molar refractivity (Wildman–Crippen MR) is 81.2 cm³/mol. The van der Waals surface area contributed by atoms with Gasteiger partial charge in [0.1, 0.15) is 11.8 Å². The second-order valence-corrected chi connectivity index (χ2v) is 5.08. The zero-order chi connectivity index (χ0) is 15.3. The molecular weight excluding hydrogens is 266 g/mol. The van der Waals surface area contributed by atoms with Crippen LogP contribution in [-0.2, 0) is 4.79 Å². The maximum Gasteiger partial charge on any atom is 0.303 e. The van der Waals surface area contributed by atoms with Crippen LogP contribution < -0.4 is 4.74 Å². The summed E-state index contributed by atoms with van der Waals surface area (Å²) in [4.78, 5) is 10.3. The van der Waals surface area contributed by atoms with E-state index in [1.807, 2.05) is 18.2 Å². The molecule has 1 aromatic carbocycles. The minimum atomic E-state index is -0.704. The Hall–Kier alpha value is -2.02. The maximum atomic E-state index is 10.3. The lowest BCUT2D eigenvalue weighted by Gasteiger charge is -2.07. The summed E-state index contributed by atoms with van der Waals surface area (Å²) in [5.41, 5.74) is 0.580. The first-order valence-electron chi connectivity index (χ1n) is 7.58. The third-order valence-corrected chi connectivity index (χ3v) is 3.30. The number of hydrogen-bond acceptors (Lipinski definition) is 3. The van der Waals surface area contributed by atoms with Gasteiger partial charge in [0, 0.05) is 6.42 Å². The number of benzene rings is 1. The molecule has 1 aromatic rings. The molecule has 0 unspecified atom stereocenters. The van der Waals surface area contributed by atoms with Gasteiger partial charge in [0.05, 0.1) is 12.2 Å². The first kappa shape index (κ1) is 17.0. The number of unbranched alkanes of at least 4 members (excludes halogenated alkanes) is 6. The van der Waals surface area contributed by atoms with Crippen LogP contribution in [0.4, 0.5) is 0 Å². The Labute approximate surface area is 126 Å². The Morgan fingerprint density at radius 1 is 1.05 bits per heavy atom. The van der Waals surface area contributed by atoms with Crippen LogP contribution in [0.2, 0.25) is 0 Å². The van der Waals surface area contributed by atoms with E-state index in [1.54, 1.807) is 6.07 Å². The highest BCUT2D eigenvalue weighted by Crippen LogP contribution is 2.17. The van der Waals surface area contributed by atoms with E-state index in [0.29, 0.717) is 17.9 Å². The molecule has 1 rings (SSSR count). The average molecular weight is 289 g/mol. The molecule has 0 atom stereocenters. The number of para-hydroxylation sites is 1. The molecule has 114 valence electrons. The van der Waals surface area contributed by atoms with Crippen molar-refractivity contribution >= 4 is 5.97 Å². The molecule has 0 spiro atoms. The van der Waals surface area contributed by atoms with Crippen LogP contribution in [0.25, 0.3) is 0 Å². The smallest absolute Gasteiger partial charge is 0.303 e. The molecule has 0 aromatic heterocycles. The molecule has 0 fully saturated rings. The highest BCUT2D eigenvalue weighted by molar-refractivity contribution is 5.66. The fourth-order valence-corrected chi connectivity index (χ4v) is 2.13. The van der Waals surface area contributed by atoms with Crippen LogP contribution in [-0.4, -0.2) is 17.7 Å². The van der Waals surface area contributed by atoms with Crippen LogP contribution >= 0.6 is 0 Å². The second-order valence-electron chi connectivity index (χ2n) is 5.08. The Kier molecular flexibility index (Phi) is 8.70. The van der Waals surface area contributed by atoms with E-state index >= 15 is 0 Å². The van der Waals surface area contributed by atoms with Crippen molar-refractivity contribution in [3.8, 4) is 11.8 Å². The van der Waals surface area contributed by atoms with Crippen molar-refractivity contribution in [2.24, 2.45) is 0 Å². The van der Waals surface area contributed by atoms with E-state index in [9.17, 15) is 4.79 Å². The molecule has 0 heterocycles. The molecule has 4 nitrogen and oxygen atoms in total. The molecule has 0 amide bonds. The number of rotatable bonds is 11. The summed E-state index contributed by atoms with van der Waals surface area (Å²) < 4.78 is 5.61. The maximum absolute atomic E-state index is 10.3. The lowest BCUT2D eigenvalue weighted by atomic mass is 10.1. The first-order chi connectivity index (χ1) is 10.2.